The number of nitrogens with one attached hydrogen (secondary N) is 3. The predicted molar refractivity (Wildman–Crippen MR) is 61.4 cm³/mol. The first kappa shape index (κ1) is 15.4. The maximum absolute atomic E-state index is 11.3. The normalized spacial score (nSPS) is 11.6. The Labute approximate surface area is 100.0 Å². The second kappa shape index (κ2) is 8.51. The van der Waals surface area contributed by atoms with Gasteiger partial charge in [0, 0.05) is 12.5 Å². The maximum atomic E-state index is 11.3. The highest BCUT2D eigenvalue weighted by atomic mass is 16.4. The Morgan fingerprint density at radius 2 is 1.71 bits per heavy atom. The molecule has 0 spiro atoms. The van der Waals surface area contributed by atoms with Crippen LogP contribution in [0.15, 0.2) is 0 Å². The molecule has 0 saturated heterocycles. The Kier molecular flexibility index (Phi) is 7.70. The molecule has 7 nitrogen and oxygen atoms in total. The molecule has 0 aliphatic heterocycles. The van der Waals surface area contributed by atoms with Crippen molar-refractivity contribution in [1.29, 1.82) is 0 Å². The molecular weight excluding hydrogens is 226 g/mol. The van der Waals surface area contributed by atoms with Crippen LogP contribution < -0.4 is 16.0 Å². The van der Waals surface area contributed by atoms with Crippen LogP contribution in [-0.2, 0) is 14.4 Å². The number of amides is 2. The third kappa shape index (κ3) is 9.31. The van der Waals surface area contributed by atoms with E-state index < -0.39 is 18.4 Å². The van der Waals surface area contributed by atoms with Gasteiger partial charge in [-0.15, -0.1) is 0 Å². The number of rotatable bonds is 8. The number of carbonyl (C=O) groups excluding carboxylic acids is 2. The molecule has 0 aliphatic carbocycles. The lowest BCUT2D eigenvalue weighted by atomic mass is 10.2. The first-order valence-corrected chi connectivity index (χ1v) is 5.44. The van der Waals surface area contributed by atoms with E-state index in [-0.39, 0.29) is 24.9 Å². The minimum absolute atomic E-state index is 0.0436. The molecule has 98 valence electrons. The molecule has 0 rings (SSSR count). The van der Waals surface area contributed by atoms with Crippen molar-refractivity contribution in [3.63, 3.8) is 0 Å². The third-order valence-electron chi connectivity index (χ3n) is 1.93. The first-order chi connectivity index (χ1) is 7.95. The molecule has 7 heteroatoms. The topological polar surface area (TPSA) is 108 Å². The van der Waals surface area contributed by atoms with Gasteiger partial charge in [-0.1, -0.05) is 6.92 Å². The summed E-state index contributed by atoms with van der Waals surface area (Å²) in [5, 5.41) is 15.9. The fraction of sp³-hybridized carbons (Fsp3) is 0.700. The molecule has 0 radical (unpaired) electrons. The summed E-state index contributed by atoms with van der Waals surface area (Å²) in [5.41, 5.74) is 0. The van der Waals surface area contributed by atoms with Crippen LogP contribution in [0.5, 0.6) is 0 Å². The van der Waals surface area contributed by atoms with E-state index in [1.54, 1.807) is 0 Å². The Bertz CT molecular complexity index is 281. The van der Waals surface area contributed by atoms with E-state index in [0.29, 0.717) is 0 Å². The van der Waals surface area contributed by atoms with Crippen molar-refractivity contribution in [2.45, 2.75) is 26.3 Å². The summed E-state index contributed by atoms with van der Waals surface area (Å²) in [7, 11) is 0. The molecule has 0 aliphatic rings. The highest BCUT2D eigenvalue weighted by Crippen LogP contribution is 1.89. The van der Waals surface area contributed by atoms with Gasteiger partial charge >= 0.3 is 5.97 Å². The smallest absolute Gasteiger partial charge is 0.322 e. The van der Waals surface area contributed by atoms with Crippen LogP contribution in [0.3, 0.4) is 0 Å². The van der Waals surface area contributed by atoms with E-state index in [9.17, 15) is 14.4 Å². The SMILES string of the molecule is CCNC(C)CC(=O)NCC(=O)NCC(=O)O. The summed E-state index contributed by atoms with van der Waals surface area (Å²) >= 11 is 0. The number of carboxylic acid groups (broad SMARTS) is 1. The van der Waals surface area contributed by atoms with Crippen molar-refractivity contribution in [1.82, 2.24) is 16.0 Å². The number of hydrogen-bond donors (Lipinski definition) is 4. The summed E-state index contributed by atoms with van der Waals surface area (Å²) < 4.78 is 0. The number of hydrogen-bond acceptors (Lipinski definition) is 4. The molecule has 0 aromatic rings. The van der Waals surface area contributed by atoms with Crippen LogP contribution in [0.4, 0.5) is 0 Å². The molecular formula is C10H19N3O4. The second-order valence-electron chi connectivity index (χ2n) is 3.61. The lowest BCUT2D eigenvalue weighted by molar-refractivity contribution is -0.137. The molecule has 17 heavy (non-hydrogen) atoms. The minimum Gasteiger partial charge on any atom is -0.480 e. The zero-order valence-electron chi connectivity index (χ0n) is 10.1. The van der Waals surface area contributed by atoms with Gasteiger partial charge < -0.3 is 21.1 Å². The van der Waals surface area contributed by atoms with Gasteiger partial charge in [0.2, 0.25) is 11.8 Å². The van der Waals surface area contributed by atoms with Crippen LogP contribution in [0, 0.1) is 0 Å². The van der Waals surface area contributed by atoms with Gasteiger partial charge in [0.05, 0.1) is 6.54 Å². The van der Waals surface area contributed by atoms with Gasteiger partial charge in [-0.05, 0) is 13.5 Å². The number of carboxylic acids is 1. The minimum atomic E-state index is -1.12. The molecule has 0 aromatic heterocycles. The standard InChI is InChI=1S/C10H19N3O4/c1-3-11-7(2)4-8(14)12-5-9(15)13-6-10(16)17/h7,11H,3-6H2,1-2H3,(H,12,14)(H,13,15)(H,16,17). The fourth-order valence-electron chi connectivity index (χ4n) is 1.19. The molecule has 1 atom stereocenters. The van der Waals surface area contributed by atoms with Crippen molar-refractivity contribution >= 4 is 17.8 Å². The van der Waals surface area contributed by atoms with E-state index >= 15 is 0 Å². The first-order valence-electron chi connectivity index (χ1n) is 5.44. The molecule has 0 saturated carbocycles. The van der Waals surface area contributed by atoms with E-state index in [4.69, 9.17) is 5.11 Å². The Morgan fingerprint density at radius 1 is 1.12 bits per heavy atom. The van der Waals surface area contributed by atoms with Crippen LogP contribution >= 0.6 is 0 Å². The molecule has 0 aromatic carbocycles. The molecule has 2 amide bonds. The lowest BCUT2D eigenvalue weighted by Crippen LogP contribution is -2.40. The van der Waals surface area contributed by atoms with Gasteiger partial charge in [-0.25, -0.2) is 0 Å². The molecule has 0 fully saturated rings. The Hall–Kier alpha value is -1.63. The van der Waals surface area contributed by atoms with Gasteiger partial charge in [0.1, 0.15) is 6.54 Å². The van der Waals surface area contributed by atoms with E-state index in [1.165, 1.54) is 0 Å². The molecule has 0 bridgehead atoms. The van der Waals surface area contributed by atoms with Crippen molar-refractivity contribution in [3.8, 4) is 0 Å². The van der Waals surface area contributed by atoms with Crippen LogP contribution in [0.1, 0.15) is 20.3 Å². The maximum Gasteiger partial charge on any atom is 0.322 e. The highest BCUT2D eigenvalue weighted by molar-refractivity contribution is 5.86. The van der Waals surface area contributed by atoms with Crippen molar-refractivity contribution < 1.29 is 19.5 Å². The van der Waals surface area contributed by atoms with Crippen molar-refractivity contribution in [2.75, 3.05) is 19.6 Å². The van der Waals surface area contributed by atoms with E-state index in [2.05, 4.69) is 16.0 Å². The summed E-state index contributed by atoms with van der Waals surface area (Å²) in [6, 6.07) is 0.0436. The van der Waals surface area contributed by atoms with Gasteiger partial charge in [-0.3, -0.25) is 14.4 Å². The van der Waals surface area contributed by atoms with Crippen LogP contribution in [0.25, 0.3) is 0 Å². The predicted octanol–water partition coefficient (Wildman–Crippen LogP) is -1.31. The number of carbonyl (C=O) groups is 3. The van der Waals surface area contributed by atoms with Gasteiger partial charge in [0.25, 0.3) is 0 Å². The zero-order valence-corrected chi connectivity index (χ0v) is 10.1. The van der Waals surface area contributed by atoms with E-state index in [0.717, 1.165) is 6.54 Å². The summed E-state index contributed by atoms with van der Waals surface area (Å²) in [6.45, 7) is 3.93. The largest absolute Gasteiger partial charge is 0.480 e. The third-order valence-corrected chi connectivity index (χ3v) is 1.93. The second-order valence-corrected chi connectivity index (χ2v) is 3.61. The fourth-order valence-corrected chi connectivity index (χ4v) is 1.19. The van der Waals surface area contributed by atoms with Crippen molar-refractivity contribution in [2.24, 2.45) is 0 Å². The molecule has 1 unspecified atom stereocenters. The number of aliphatic carboxylic acids is 1. The van der Waals surface area contributed by atoms with Gasteiger partial charge in [0.15, 0.2) is 0 Å². The summed E-state index contributed by atoms with van der Waals surface area (Å²) in [4.78, 5) is 32.5. The Balaban J connectivity index is 3.69. The average molecular weight is 245 g/mol. The highest BCUT2D eigenvalue weighted by Gasteiger charge is 2.09. The summed E-state index contributed by atoms with van der Waals surface area (Å²) in [6.07, 6.45) is 0.278. The molecule has 4 N–H and O–H groups in total. The zero-order chi connectivity index (χ0) is 13.3. The monoisotopic (exact) mass is 245 g/mol. The van der Waals surface area contributed by atoms with Crippen molar-refractivity contribution in [3.05, 3.63) is 0 Å². The lowest BCUT2D eigenvalue weighted by Gasteiger charge is -2.11. The summed E-state index contributed by atoms with van der Waals surface area (Å²) in [5.74, 6) is -1.88. The van der Waals surface area contributed by atoms with Gasteiger partial charge in [-0.2, -0.15) is 0 Å². The quantitative estimate of drug-likeness (QED) is 0.425. The Morgan fingerprint density at radius 3 is 2.24 bits per heavy atom. The van der Waals surface area contributed by atoms with Crippen LogP contribution in [-0.4, -0.2) is 48.6 Å². The average Bonchev–Trinajstić information content (AvgIpc) is 2.23. The molecule has 0 heterocycles. The van der Waals surface area contributed by atoms with Crippen LogP contribution in [0.2, 0.25) is 0 Å². The van der Waals surface area contributed by atoms with E-state index in [1.807, 2.05) is 13.8 Å².